The fourth-order valence-electron chi connectivity index (χ4n) is 4.13. The zero-order chi connectivity index (χ0) is 14.1. The number of imide groups is 2. The largest absolute Gasteiger partial charge is 0.332 e. The van der Waals surface area contributed by atoms with Gasteiger partial charge in [0, 0.05) is 5.92 Å². The van der Waals surface area contributed by atoms with Crippen LogP contribution in [0.2, 0.25) is 0 Å². The van der Waals surface area contributed by atoms with Crippen LogP contribution in [0.15, 0.2) is 0 Å². The van der Waals surface area contributed by atoms with Crippen LogP contribution in [0.25, 0.3) is 0 Å². The second kappa shape index (κ2) is 5.52. The average molecular weight is 280 g/mol. The summed E-state index contributed by atoms with van der Waals surface area (Å²) in [6, 6.07) is -0.0967. The van der Waals surface area contributed by atoms with Crippen molar-refractivity contribution in [1.29, 1.82) is 0 Å². The predicted octanol–water partition coefficient (Wildman–Crippen LogP) is -0.794. The molecule has 3 aliphatic heterocycles. The number of nitrogens with one attached hydrogen (secondary N) is 3. The van der Waals surface area contributed by atoms with Crippen LogP contribution in [0.5, 0.6) is 0 Å². The van der Waals surface area contributed by atoms with E-state index < -0.39 is 23.8 Å². The van der Waals surface area contributed by atoms with Gasteiger partial charge in [-0.1, -0.05) is 0 Å². The van der Waals surface area contributed by atoms with Crippen LogP contribution in [0.1, 0.15) is 38.5 Å². The van der Waals surface area contributed by atoms with Gasteiger partial charge in [-0.25, -0.2) is 4.79 Å². The maximum absolute atomic E-state index is 11.8. The van der Waals surface area contributed by atoms with Crippen molar-refractivity contribution in [2.45, 2.75) is 44.6 Å². The van der Waals surface area contributed by atoms with Crippen molar-refractivity contribution < 1.29 is 19.3 Å². The first kappa shape index (κ1) is 13.5. The Morgan fingerprint density at radius 1 is 0.950 bits per heavy atom. The maximum Gasteiger partial charge on any atom is 0.328 e. The lowest BCUT2D eigenvalue weighted by molar-refractivity contribution is -0.940. The Morgan fingerprint density at radius 3 is 2.40 bits per heavy atom. The predicted molar refractivity (Wildman–Crippen MR) is 70.8 cm³/mol. The van der Waals surface area contributed by atoms with Gasteiger partial charge >= 0.3 is 6.03 Å². The van der Waals surface area contributed by atoms with E-state index in [1.165, 1.54) is 38.8 Å². The Morgan fingerprint density at radius 2 is 1.65 bits per heavy atom. The molecule has 3 heterocycles. The van der Waals surface area contributed by atoms with E-state index in [1.54, 1.807) is 4.90 Å². The number of quaternary nitrogens is 1. The lowest BCUT2D eigenvalue weighted by Gasteiger charge is -2.42. The normalized spacial score (nSPS) is 35.2. The molecule has 3 rings (SSSR count). The van der Waals surface area contributed by atoms with Crippen molar-refractivity contribution in [3.8, 4) is 0 Å². The van der Waals surface area contributed by atoms with Gasteiger partial charge in [-0.05, 0) is 38.5 Å². The maximum atomic E-state index is 11.8. The summed E-state index contributed by atoms with van der Waals surface area (Å²) in [4.78, 5) is 36.4. The Hall–Kier alpha value is -1.43. The molecular formula is C14H22N3O3+. The van der Waals surface area contributed by atoms with Crippen molar-refractivity contribution in [3.05, 3.63) is 0 Å². The molecule has 0 aromatic heterocycles. The molecule has 0 radical (unpaired) electrons. The number of carbonyl (C=O) groups is 3. The summed E-state index contributed by atoms with van der Waals surface area (Å²) >= 11 is 0. The van der Waals surface area contributed by atoms with Crippen molar-refractivity contribution in [1.82, 2.24) is 10.6 Å². The number of carbonyl (C=O) groups excluding carboxylic acids is 3. The molecule has 3 saturated heterocycles. The molecule has 4 amide bonds. The van der Waals surface area contributed by atoms with E-state index in [0.29, 0.717) is 18.4 Å². The molecule has 3 N–H and O–H groups in total. The molecule has 0 aliphatic carbocycles. The number of amides is 4. The van der Waals surface area contributed by atoms with Crippen LogP contribution < -0.4 is 15.5 Å². The summed E-state index contributed by atoms with van der Waals surface area (Å²) in [5.41, 5.74) is 0. The third-order valence-electron chi connectivity index (χ3n) is 5.07. The van der Waals surface area contributed by atoms with Crippen LogP contribution >= 0.6 is 0 Å². The molecule has 3 fully saturated rings. The molecule has 0 spiro atoms. The molecule has 20 heavy (non-hydrogen) atoms. The van der Waals surface area contributed by atoms with Crippen molar-refractivity contribution in [2.75, 3.05) is 13.1 Å². The Balaban J connectivity index is 1.68. The third kappa shape index (κ3) is 2.57. The second-order valence-corrected chi connectivity index (χ2v) is 6.26. The first-order chi connectivity index (χ1) is 9.65. The summed E-state index contributed by atoms with van der Waals surface area (Å²) in [5, 5.41) is 4.41. The Labute approximate surface area is 118 Å². The average Bonchev–Trinajstić information content (AvgIpc) is 2.43. The van der Waals surface area contributed by atoms with Gasteiger partial charge in [-0.15, -0.1) is 0 Å². The molecule has 6 nitrogen and oxygen atoms in total. The summed E-state index contributed by atoms with van der Waals surface area (Å²) in [6.07, 6.45) is 6.60. The van der Waals surface area contributed by atoms with E-state index in [2.05, 4.69) is 10.6 Å². The van der Waals surface area contributed by atoms with E-state index in [-0.39, 0.29) is 0 Å². The molecule has 110 valence electrons. The van der Waals surface area contributed by atoms with Gasteiger partial charge in [0.25, 0.3) is 0 Å². The van der Waals surface area contributed by atoms with Crippen molar-refractivity contribution in [2.24, 2.45) is 11.8 Å². The van der Waals surface area contributed by atoms with Crippen molar-refractivity contribution in [3.63, 3.8) is 0 Å². The van der Waals surface area contributed by atoms with Gasteiger partial charge < -0.3 is 4.90 Å². The molecule has 3 atom stereocenters. The lowest BCUT2D eigenvalue weighted by atomic mass is 9.78. The highest BCUT2D eigenvalue weighted by Crippen LogP contribution is 2.27. The van der Waals surface area contributed by atoms with Crippen LogP contribution in [0.4, 0.5) is 4.79 Å². The monoisotopic (exact) mass is 280 g/mol. The standard InChI is InChI=1S/C14H21N3O3/c18-12-10(13(19)16-14(20)15-12)8-9-4-3-7-17-6-2-1-5-11(9)17/h9-11H,1-8H2,(H2,15,16,18,19,20)/p+1/t9-,11-/m0/s1. The SMILES string of the molecule is O=C1NC(=O)C(C[C@@H]2CCC[NH+]3CCCC[C@@H]23)C(=O)N1. The minimum absolute atomic E-state index is 0.425. The highest BCUT2D eigenvalue weighted by atomic mass is 16.2. The molecule has 1 unspecified atom stereocenters. The van der Waals surface area contributed by atoms with E-state index in [9.17, 15) is 14.4 Å². The first-order valence-electron chi connectivity index (χ1n) is 7.65. The highest BCUT2D eigenvalue weighted by Gasteiger charge is 2.42. The minimum Gasteiger partial charge on any atom is -0.332 e. The number of piperidine rings is 2. The van der Waals surface area contributed by atoms with Gasteiger partial charge in [0.15, 0.2) is 0 Å². The van der Waals surface area contributed by atoms with E-state index >= 15 is 0 Å². The fraction of sp³-hybridized carbons (Fsp3) is 0.786. The smallest absolute Gasteiger partial charge is 0.328 e. The van der Waals surface area contributed by atoms with E-state index in [1.807, 2.05) is 0 Å². The van der Waals surface area contributed by atoms with E-state index in [0.717, 1.165) is 6.42 Å². The number of rotatable bonds is 2. The van der Waals surface area contributed by atoms with Gasteiger partial charge in [0.05, 0.1) is 19.1 Å². The molecular weight excluding hydrogens is 258 g/mol. The molecule has 3 aliphatic rings. The van der Waals surface area contributed by atoms with Crippen LogP contribution in [-0.2, 0) is 9.59 Å². The van der Waals surface area contributed by atoms with Gasteiger partial charge in [-0.3, -0.25) is 20.2 Å². The van der Waals surface area contributed by atoms with Crippen LogP contribution in [-0.4, -0.2) is 37.0 Å². The topological polar surface area (TPSA) is 79.7 Å². The van der Waals surface area contributed by atoms with Gasteiger partial charge in [0.1, 0.15) is 5.92 Å². The van der Waals surface area contributed by atoms with Gasteiger partial charge in [-0.2, -0.15) is 0 Å². The van der Waals surface area contributed by atoms with Gasteiger partial charge in [0.2, 0.25) is 11.8 Å². The molecule has 0 saturated carbocycles. The second-order valence-electron chi connectivity index (χ2n) is 6.26. The third-order valence-corrected chi connectivity index (χ3v) is 5.07. The number of fused-ring (bicyclic) bond motifs is 1. The molecule has 0 aromatic carbocycles. The van der Waals surface area contributed by atoms with Crippen molar-refractivity contribution >= 4 is 17.8 Å². The summed E-state index contributed by atoms with van der Waals surface area (Å²) in [5.74, 6) is -1.13. The Bertz CT molecular complexity index is 415. The van der Waals surface area contributed by atoms with E-state index in [4.69, 9.17) is 0 Å². The van der Waals surface area contributed by atoms with Crippen LogP contribution in [0.3, 0.4) is 0 Å². The number of barbiturate groups is 1. The number of hydrogen-bond acceptors (Lipinski definition) is 3. The lowest BCUT2D eigenvalue weighted by Crippen LogP contribution is -3.18. The molecule has 6 heteroatoms. The zero-order valence-electron chi connectivity index (χ0n) is 11.6. The summed E-state index contributed by atoms with van der Waals surface area (Å²) in [6.45, 7) is 2.45. The molecule has 0 aromatic rings. The first-order valence-corrected chi connectivity index (χ1v) is 7.65. The fourth-order valence-corrected chi connectivity index (χ4v) is 4.13. The highest BCUT2D eigenvalue weighted by molar-refractivity contribution is 6.16. The zero-order valence-corrected chi connectivity index (χ0v) is 11.6. The number of urea groups is 1. The van der Waals surface area contributed by atoms with Crippen LogP contribution in [0, 0.1) is 11.8 Å². The Kier molecular flexibility index (Phi) is 3.74. The quantitative estimate of drug-likeness (QED) is 0.580. The summed E-state index contributed by atoms with van der Waals surface area (Å²) < 4.78 is 0. The number of hydrogen-bond donors (Lipinski definition) is 3. The minimum atomic E-state index is -0.695. The molecule has 0 bridgehead atoms. The summed E-state index contributed by atoms with van der Waals surface area (Å²) in [7, 11) is 0.